The first-order valence-electron chi connectivity index (χ1n) is 8.82. The van der Waals surface area contributed by atoms with Crippen LogP contribution in [-0.2, 0) is 6.54 Å². The van der Waals surface area contributed by atoms with Crippen molar-refractivity contribution in [3.05, 3.63) is 82.6 Å². The summed E-state index contributed by atoms with van der Waals surface area (Å²) in [6.45, 7) is 2.45. The Morgan fingerprint density at radius 3 is 2.61 bits per heavy atom. The van der Waals surface area contributed by atoms with Gasteiger partial charge in [-0.05, 0) is 42.8 Å². The molecule has 0 saturated heterocycles. The van der Waals surface area contributed by atoms with Gasteiger partial charge in [-0.25, -0.2) is 4.39 Å². The fourth-order valence-electron chi connectivity index (χ4n) is 3.02. The van der Waals surface area contributed by atoms with Crippen molar-refractivity contribution in [1.82, 2.24) is 15.2 Å². The summed E-state index contributed by atoms with van der Waals surface area (Å²) in [5, 5.41) is 7.22. The van der Waals surface area contributed by atoms with Crippen molar-refractivity contribution < 1.29 is 9.18 Å². The molecule has 2 heterocycles. The molecule has 0 aliphatic heterocycles. The lowest BCUT2D eigenvalue weighted by molar-refractivity contribution is 0.0955. The third kappa shape index (κ3) is 3.61. The molecule has 142 valence electrons. The minimum absolute atomic E-state index is 0.166. The monoisotopic (exact) mass is 394 g/mol. The van der Waals surface area contributed by atoms with Gasteiger partial charge in [0.1, 0.15) is 10.6 Å². The maximum Gasteiger partial charge on any atom is 0.279 e. The number of benzene rings is 2. The lowest BCUT2D eigenvalue weighted by Gasteiger charge is -2.19. The number of carbonyl (C=O) groups excluding carboxylic acids is 1. The molecule has 5 nitrogen and oxygen atoms in total. The lowest BCUT2D eigenvalue weighted by Crippen LogP contribution is -2.38. The lowest BCUT2D eigenvalue weighted by atomic mass is 10.2. The summed E-state index contributed by atoms with van der Waals surface area (Å²) in [4.78, 5) is 14.2. The van der Waals surface area contributed by atoms with E-state index in [0.717, 1.165) is 27.2 Å². The number of rotatable bonds is 5. The summed E-state index contributed by atoms with van der Waals surface area (Å²) in [6.07, 6.45) is 0. The molecule has 0 unspecified atom stereocenters. The van der Waals surface area contributed by atoms with Gasteiger partial charge in [-0.2, -0.15) is 5.10 Å². The smallest absolute Gasteiger partial charge is 0.279 e. The van der Waals surface area contributed by atoms with E-state index < -0.39 is 0 Å². The van der Waals surface area contributed by atoms with Crippen LogP contribution < -0.4 is 10.4 Å². The topological polar surface area (TPSA) is 50.2 Å². The molecule has 2 aromatic carbocycles. The van der Waals surface area contributed by atoms with Gasteiger partial charge in [0.05, 0.1) is 22.8 Å². The second kappa shape index (κ2) is 7.44. The maximum atomic E-state index is 13.1. The van der Waals surface area contributed by atoms with Gasteiger partial charge < -0.3 is 0 Å². The number of amides is 1. The van der Waals surface area contributed by atoms with Crippen LogP contribution in [0.5, 0.6) is 0 Å². The number of para-hydroxylation sites is 1. The fourth-order valence-corrected chi connectivity index (χ4v) is 4.07. The molecular weight excluding hydrogens is 375 g/mol. The summed E-state index contributed by atoms with van der Waals surface area (Å²) in [5.41, 5.74) is 5.61. The molecule has 0 radical (unpaired) electrons. The van der Waals surface area contributed by atoms with Gasteiger partial charge in [0.15, 0.2) is 0 Å². The first-order chi connectivity index (χ1) is 13.5. The van der Waals surface area contributed by atoms with Crippen LogP contribution >= 0.6 is 11.3 Å². The summed E-state index contributed by atoms with van der Waals surface area (Å²) in [7, 11) is 1.81. The highest BCUT2D eigenvalue weighted by atomic mass is 32.1. The van der Waals surface area contributed by atoms with Crippen LogP contribution in [0, 0.1) is 12.7 Å². The number of hydrogen-bond donors (Lipinski definition) is 1. The van der Waals surface area contributed by atoms with E-state index in [-0.39, 0.29) is 11.7 Å². The zero-order valence-corrected chi connectivity index (χ0v) is 16.3. The quantitative estimate of drug-likeness (QED) is 0.511. The van der Waals surface area contributed by atoms with Crippen molar-refractivity contribution in [1.29, 1.82) is 0 Å². The Morgan fingerprint density at radius 1 is 1.18 bits per heavy atom. The van der Waals surface area contributed by atoms with Gasteiger partial charge in [0.2, 0.25) is 0 Å². The SMILES string of the molecule is Cc1nn(Cc2ccc(F)cc2)c2sc(C(=O)NN(C)c3ccccc3)cc12. The zero-order valence-electron chi connectivity index (χ0n) is 15.5. The predicted octanol–water partition coefficient (Wildman–Crippen LogP) is 4.37. The molecule has 1 amide bonds. The van der Waals surface area contributed by atoms with E-state index in [2.05, 4.69) is 10.5 Å². The summed E-state index contributed by atoms with van der Waals surface area (Å²) < 4.78 is 15.0. The average molecular weight is 394 g/mol. The van der Waals surface area contributed by atoms with Crippen LogP contribution in [0.25, 0.3) is 10.2 Å². The third-order valence-corrected chi connectivity index (χ3v) is 5.64. The number of halogens is 1. The standard InChI is InChI=1S/C21H19FN4OS/c1-14-18-12-19(20(27)24-25(2)17-6-4-3-5-7-17)28-21(18)26(23-14)13-15-8-10-16(22)11-9-15/h3-12H,13H2,1-2H3,(H,24,27). The number of hydrazine groups is 1. The van der Waals surface area contributed by atoms with Gasteiger partial charge >= 0.3 is 0 Å². The van der Waals surface area contributed by atoms with E-state index in [1.807, 2.05) is 55.1 Å². The van der Waals surface area contributed by atoms with E-state index >= 15 is 0 Å². The Hall–Kier alpha value is -3.19. The van der Waals surface area contributed by atoms with Gasteiger partial charge in [-0.3, -0.25) is 19.9 Å². The molecule has 28 heavy (non-hydrogen) atoms. The molecule has 0 fully saturated rings. The molecule has 7 heteroatoms. The normalized spacial score (nSPS) is 11.0. The van der Waals surface area contributed by atoms with E-state index in [1.54, 1.807) is 17.1 Å². The second-order valence-electron chi connectivity index (χ2n) is 6.53. The Balaban J connectivity index is 1.57. The maximum absolute atomic E-state index is 13.1. The first kappa shape index (κ1) is 18.2. The van der Waals surface area contributed by atoms with E-state index in [0.29, 0.717) is 11.4 Å². The summed E-state index contributed by atoms with van der Waals surface area (Å²) >= 11 is 1.40. The van der Waals surface area contributed by atoms with E-state index in [9.17, 15) is 9.18 Å². The molecule has 1 N–H and O–H groups in total. The highest BCUT2D eigenvalue weighted by molar-refractivity contribution is 7.20. The minimum atomic E-state index is -0.261. The van der Waals surface area contributed by atoms with Crippen LogP contribution in [0.3, 0.4) is 0 Å². The highest BCUT2D eigenvalue weighted by Gasteiger charge is 2.17. The van der Waals surface area contributed by atoms with E-state index in [1.165, 1.54) is 23.5 Å². The molecule has 4 aromatic rings. The van der Waals surface area contributed by atoms with Gasteiger partial charge in [-0.15, -0.1) is 11.3 Å². The molecule has 0 aliphatic rings. The fraction of sp³-hybridized carbons (Fsp3) is 0.143. The number of carbonyl (C=O) groups is 1. The van der Waals surface area contributed by atoms with Crippen molar-refractivity contribution in [3.63, 3.8) is 0 Å². The average Bonchev–Trinajstić information content (AvgIpc) is 3.26. The van der Waals surface area contributed by atoms with Crippen LogP contribution in [-0.4, -0.2) is 22.7 Å². The number of hydrogen-bond acceptors (Lipinski definition) is 4. The molecule has 0 saturated carbocycles. The number of nitrogens with one attached hydrogen (secondary N) is 1. The van der Waals surface area contributed by atoms with Crippen LogP contribution in [0.1, 0.15) is 20.9 Å². The van der Waals surface area contributed by atoms with Crippen LogP contribution in [0.15, 0.2) is 60.7 Å². The van der Waals surface area contributed by atoms with Crippen molar-refractivity contribution in [3.8, 4) is 0 Å². The molecule has 0 spiro atoms. The number of aromatic nitrogens is 2. The molecule has 2 aromatic heterocycles. The first-order valence-corrected chi connectivity index (χ1v) is 9.64. The van der Waals surface area contributed by atoms with Crippen molar-refractivity contribution in [2.75, 3.05) is 12.1 Å². The Labute approximate surface area is 166 Å². The number of fused-ring (bicyclic) bond motifs is 1. The van der Waals surface area contributed by atoms with Crippen molar-refractivity contribution >= 4 is 33.1 Å². The number of thiophene rings is 1. The third-order valence-electron chi connectivity index (χ3n) is 4.49. The Kier molecular flexibility index (Phi) is 4.83. The van der Waals surface area contributed by atoms with Crippen molar-refractivity contribution in [2.45, 2.75) is 13.5 Å². The molecule has 4 rings (SSSR count). The Morgan fingerprint density at radius 2 is 1.89 bits per heavy atom. The number of aryl methyl sites for hydroxylation is 1. The molecule has 0 atom stereocenters. The largest absolute Gasteiger partial charge is 0.288 e. The summed E-state index contributed by atoms with van der Waals surface area (Å²) in [6, 6.07) is 17.9. The second-order valence-corrected chi connectivity index (χ2v) is 7.57. The van der Waals surface area contributed by atoms with Gasteiger partial charge in [-0.1, -0.05) is 30.3 Å². The zero-order chi connectivity index (χ0) is 19.7. The number of anilines is 1. The number of nitrogens with zero attached hydrogens (tertiary/aromatic N) is 3. The van der Waals surface area contributed by atoms with Gasteiger partial charge in [0, 0.05) is 12.4 Å². The minimum Gasteiger partial charge on any atom is -0.288 e. The van der Waals surface area contributed by atoms with Crippen LogP contribution in [0.4, 0.5) is 10.1 Å². The molecule has 0 aliphatic carbocycles. The predicted molar refractivity (Wildman–Crippen MR) is 110 cm³/mol. The molecule has 0 bridgehead atoms. The van der Waals surface area contributed by atoms with E-state index in [4.69, 9.17) is 0 Å². The summed E-state index contributed by atoms with van der Waals surface area (Å²) in [5.74, 6) is -0.427. The molecular formula is C21H19FN4OS. The Bertz CT molecular complexity index is 1120. The van der Waals surface area contributed by atoms with Gasteiger partial charge in [0.25, 0.3) is 5.91 Å². The highest BCUT2D eigenvalue weighted by Crippen LogP contribution is 2.29. The van der Waals surface area contributed by atoms with Crippen molar-refractivity contribution in [2.24, 2.45) is 0 Å². The van der Waals surface area contributed by atoms with Crippen LogP contribution in [0.2, 0.25) is 0 Å².